The Kier molecular flexibility index (Phi) is 6.60. The first-order valence-electron chi connectivity index (χ1n) is 7.68. The molecule has 0 saturated heterocycles. The molecule has 0 saturated carbocycles. The summed E-state index contributed by atoms with van der Waals surface area (Å²) in [5, 5.41) is 14.9. The van der Waals surface area contributed by atoms with E-state index in [0.29, 0.717) is 16.8 Å². The van der Waals surface area contributed by atoms with Gasteiger partial charge in [-0.25, -0.2) is 0 Å². The van der Waals surface area contributed by atoms with Gasteiger partial charge >= 0.3 is 0 Å². The lowest BCUT2D eigenvalue weighted by Crippen LogP contribution is -2.21. The number of carbonyl (C=O) groups is 1. The van der Waals surface area contributed by atoms with E-state index in [0.717, 1.165) is 0 Å². The number of anilines is 2. The van der Waals surface area contributed by atoms with Gasteiger partial charge in [0.2, 0.25) is 5.91 Å². The van der Waals surface area contributed by atoms with E-state index in [1.165, 1.54) is 19.1 Å². The van der Waals surface area contributed by atoms with Crippen molar-refractivity contribution in [3.8, 4) is 11.1 Å². The van der Waals surface area contributed by atoms with E-state index < -0.39 is 16.2 Å². The van der Waals surface area contributed by atoms with Crippen LogP contribution >= 0.6 is 11.6 Å². The number of hydrogen-bond donors (Lipinski definition) is 4. The Labute approximate surface area is 156 Å². The van der Waals surface area contributed by atoms with Crippen molar-refractivity contribution in [2.24, 2.45) is 0 Å². The average Bonchev–Trinajstić information content (AvgIpc) is 2.59. The van der Waals surface area contributed by atoms with Crippen molar-refractivity contribution in [1.82, 2.24) is 0 Å². The maximum absolute atomic E-state index is 11.7. The highest BCUT2D eigenvalue weighted by atomic mass is 35.5. The van der Waals surface area contributed by atoms with E-state index in [1.54, 1.807) is 30.3 Å². The van der Waals surface area contributed by atoms with Crippen molar-refractivity contribution < 1.29 is 22.9 Å². The van der Waals surface area contributed by atoms with Crippen LogP contribution in [-0.4, -0.2) is 42.5 Å². The maximum atomic E-state index is 11.7. The quantitative estimate of drug-likeness (QED) is 0.421. The number of amides is 1. The van der Waals surface area contributed by atoms with E-state index in [2.05, 4.69) is 10.6 Å². The molecular formula is C17H19ClN2O5S. The number of carbonyl (C=O) groups excluding carboxylic acids is 1. The van der Waals surface area contributed by atoms with Crippen LogP contribution in [0.2, 0.25) is 0 Å². The van der Waals surface area contributed by atoms with Crippen molar-refractivity contribution >= 4 is 39.0 Å². The maximum Gasteiger partial charge on any atom is 0.296 e. The first kappa shape index (κ1) is 20.2. The first-order chi connectivity index (χ1) is 12.2. The van der Waals surface area contributed by atoms with Crippen molar-refractivity contribution in [2.45, 2.75) is 17.9 Å². The minimum absolute atomic E-state index is 0.00701. The van der Waals surface area contributed by atoms with Gasteiger partial charge in [-0.05, 0) is 35.4 Å². The Hall–Kier alpha value is -2.13. The number of rotatable bonds is 7. The van der Waals surface area contributed by atoms with Gasteiger partial charge in [0.25, 0.3) is 10.1 Å². The molecule has 7 nitrogen and oxygen atoms in total. The second kappa shape index (κ2) is 8.50. The number of nitrogens with one attached hydrogen (secondary N) is 2. The van der Waals surface area contributed by atoms with E-state index in [-0.39, 0.29) is 28.9 Å². The Bertz CT molecular complexity index is 885. The molecule has 0 aromatic heterocycles. The summed E-state index contributed by atoms with van der Waals surface area (Å²) in [4.78, 5) is 10.8. The second-order valence-corrected chi connectivity index (χ2v) is 7.33. The summed E-state index contributed by atoms with van der Waals surface area (Å²) in [5.74, 6) is -0.201. The summed E-state index contributed by atoms with van der Waals surface area (Å²) in [5.41, 5.74) is 2.05. The molecule has 0 heterocycles. The van der Waals surface area contributed by atoms with E-state index >= 15 is 0 Å². The molecule has 0 radical (unpaired) electrons. The molecule has 0 spiro atoms. The highest BCUT2D eigenvalue weighted by Gasteiger charge is 2.17. The normalized spacial score (nSPS) is 12.5. The van der Waals surface area contributed by atoms with Crippen LogP contribution in [0.3, 0.4) is 0 Å². The van der Waals surface area contributed by atoms with Crippen molar-refractivity contribution in [1.29, 1.82) is 0 Å². The van der Waals surface area contributed by atoms with Crippen molar-refractivity contribution in [2.75, 3.05) is 23.1 Å². The Morgan fingerprint density at radius 1 is 1.15 bits per heavy atom. The highest BCUT2D eigenvalue weighted by Crippen LogP contribution is 2.29. The third-order valence-corrected chi connectivity index (χ3v) is 4.75. The third-order valence-electron chi connectivity index (χ3n) is 3.50. The number of halogens is 1. The molecule has 0 fully saturated rings. The Morgan fingerprint density at radius 2 is 1.77 bits per heavy atom. The summed E-state index contributed by atoms with van der Waals surface area (Å²) in [6.07, 6.45) is -0.855. The van der Waals surface area contributed by atoms with Crippen LogP contribution in [0.5, 0.6) is 0 Å². The fourth-order valence-electron chi connectivity index (χ4n) is 2.29. The molecule has 26 heavy (non-hydrogen) atoms. The summed E-state index contributed by atoms with van der Waals surface area (Å²) in [6, 6.07) is 11.3. The van der Waals surface area contributed by atoms with Gasteiger partial charge in [-0.1, -0.05) is 18.2 Å². The van der Waals surface area contributed by atoms with Crippen LogP contribution < -0.4 is 10.6 Å². The standard InChI is InChI=1S/C17H19ClN2O5S/c1-11(21)20-14-5-2-12(3-6-14)13-4-7-16(19-10-15(22)9-18)17(8-13)26(23,24)25/h2-8,15,19,22H,9-10H2,1H3,(H,20,21)(H,23,24,25). The fraction of sp³-hybridized carbons (Fsp3) is 0.235. The molecule has 0 bridgehead atoms. The molecular weight excluding hydrogens is 380 g/mol. The second-order valence-electron chi connectivity index (χ2n) is 5.63. The van der Waals surface area contributed by atoms with Gasteiger partial charge in [-0.15, -0.1) is 11.6 Å². The molecule has 140 valence electrons. The zero-order chi connectivity index (χ0) is 19.3. The molecule has 0 aliphatic rings. The predicted molar refractivity (Wildman–Crippen MR) is 101 cm³/mol. The van der Waals surface area contributed by atoms with E-state index in [1.807, 2.05) is 0 Å². The van der Waals surface area contributed by atoms with Crippen LogP contribution in [0.25, 0.3) is 11.1 Å². The molecule has 2 aromatic carbocycles. The topological polar surface area (TPSA) is 116 Å². The van der Waals surface area contributed by atoms with Gasteiger partial charge in [0, 0.05) is 19.2 Å². The lowest BCUT2D eigenvalue weighted by atomic mass is 10.0. The number of alkyl halides is 1. The molecule has 2 rings (SSSR count). The zero-order valence-corrected chi connectivity index (χ0v) is 15.5. The summed E-state index contributed by atoms with van der Waals surface area (Å²) >= 11 is 5.51. The van der Waals surface area contributed by atoms with Gasteiger partial charge < -0.3 is 15.7 Å². The molecule has 4 N–H and O–H groups in total. The monoisotopic (exact) mass is 398 g/mol. The molecule has 0 aliphatic carbocycles. The summed E-state index contributed by atoms with van der Waals surface area (Å²) in [7, 11) is -4.48. The number of aliphatic hydroxyl groups excluding tert-OH is 1. The molecule has 0 aliphatic heterocycles. The number of hydrogen-bond acceptors (Lipinski definition) is 5. The van der Waals surface area contributed by atoms with Crippen LogP contribution in [0.4, 0.5) is 11.4 Å². The smallest absolute Gasteiger partial charge is 0.296 e. The van der Waals surface area contributed by atoms with Crippen LogP contribution in [-0.2, 0) is 14.9 Å². The van der Waals surface area contributed by atoms with Gasteiger partial charge in [0.1, 0.15) is 4.90 Å². The SMILES string of the molecule is CC(=O)Nc1ccc(-c2ccc(NCC(O)CCl)c(S(=O)(=O)O)c2)cc1. The average molecular weight is 399 g/mol. The summed E-state index contributed by atoms with van der Waals surface area (Å²) < 4.78 is 32.9. The predicted octanol–water partition coefficient (Wildman–Crippen LogP) is 2.57. The summed E-state index contributed by atoms with van der Waals surface area (Å²) in [6.45, 7) is 1.44. The largest absolute Gasteiger partial charge is 0.390 e. The Balaban J connectivity index is 2.34. The Morgan fingerprint density at radius 3 is 2.31 bits per heavy atom. The number of aliphatic hydroxyl groups is 1. The van der Waals surface area contributed by atoms with Crippen LogP contribution in [0.1, 0.15) is 6.92 Å². The first-order valence-corrected chi connectivity index (χ1v) is 9.65. The highest BCUT2D eigenvalue weighted by molar-refractivity contribution is 7.86. The van der Waals surface area contributed by atoms with E-state index in [9.17, 15) is 22.9 Å². The molecule has 2 aromatic rings. The van der Waals surface area contributed by atoms with E-state index in [4.69, 9.17) is 11.6 Å². The third kappa shape index (κ3) is 5.43. The molecule has 1 unspecified atom stereocenters. The lowest BCUT2D eigenvalue weighted by Gasteiger charge is -2.14. The van der Waals surface area contributed by atoms with Gasteiger partial charge in [0.05, 0.1) is 17.7 Å². The molecule has 9 heteroatoms. The zero-order valence-electron chi connectivity index (χ0n) is 13.9. The minimum atomic E-state index is -4.48. The van der Waals surface area contributed by atoms with Gasteiger partial charge in [0.15, 0.2) is 0 Å². The lowest BCUT2D eigenvalue weighted by molar-refractivity contribution is -0.114. The van der Waals surface area contributed by atoms with Gasteiger partial charge in [-0.3, -0.25) is 9.35 Å². The molecule has 1 atom stereocenters. The number of benzene rings is 2. The minimum Gasteiger partial charge on any atom is -0.390 e. The van der Waals surface area contributed by atoms with Crippen molar-refractivity contribution in [3.63, 3.8) is 0 Å². The fourth-order valence-corrected chi connectivity index (χ4v) is 3.10. The van der Waals surface area contributed by atoms with Gasteiger partial charge in [-0.2, -0.15) is 8.42 Å². The molecule has 1 amide bonds. The van der Waals surface area contributed by atoms with Crippen molar-refractivity contribution in [3.05, 3.63) is 42.5 Å². The van der Waals surface area contributed by atoms with Crippen LogP contribution in [0, 0.1) is 0 Å². The van der Waals surface area contributed by atoms with Crippen LogP contribution in [0.15, 0.2) is 47.4 Å².